The molecule has 1 amide bonds. The minimum atomic E-state index is -3.92. The second kappa shape index (κ2) is 7.56. The summed E-state index contributed by atoms with van der Waals surface area (Å²) in [5.41, 5.74) is 3.08. The van der Waals surface area contributed by atoms with E-state index >= 15 is 0 Å². The van der Waals surface area contributed by atoms with E-state index in [1.165, 1.54) is 15.6 Å². The van der Waals surface area contributed by atoms with Gasteiger partial charge in [-0.3, -0.25) is 14.1 Å². The van der Waals surface area contributed by atoms with Crippen LogP contribution in [0, 0.1) is 6.92 Å². The maximum Gasteiger partial charge on any atom is 0.326 e. The summed E-state index contributed by atoms with van der Waals surface area (Å²) in [6, 6.07) is 7.16. The Morgan fingerprint density at radius 3 is 2.70 bits per heavy atom. The standard InChI is InChI=1S/C15H19N3O3S2/c1-3-18(14-7-5-4-6-12(14)2)23(20,21)17-15(19)9-8-13-10-16-11-22-13/h4-7,10-11H,3,8-9H2,1-2H3,(H,17,19). The van der Waals surface area contributed by atoms with E-state index in [0.29, 0.717) is 12.1 Å². The van der Waals surface area contributed by atoms with Gasteiger partial charge in [-0.25, -0.2) is 4.72 Å². The highest BCUT2D eigenvalue weighted by atomic mass is 32.2. The Bertz CT molecular complexity index is 758. The SMILES string of the molecule is CCN(c1ccccc1C)S(=O)(=O)NC(=O)CCc1cncs1. The van der Waals surface area contributed by atoms with E-state index in [-0.39, 0.29) is 13.0 Å². The fourth-order valence-electron chi connectivity index (χ4n) is 2.17. The average molecular weight is 353 g/mol. The van der Waals surface area contributed by atoms with Crippen LogP contribution in [0.25, 0.3) is 0 Å². The summed E-state index contributed by atoms with van der Waals surface area (Å²) in [6.07, 6.45) is 2.26. The lowest BCUT2D eigenvalue weighted by molar-refractivity contribution is -0.119. The van der Waals surface area contributed by atoms with Gasteiger partial charge in [0.1, 0.15) is 0 Å². The Morgan fingerprint density at radius 1 is 1.35 bits per heavy atom. The first kappa shape index (κ1) is 17.4. The third-order valence-corrected chi connectivity index (χ3v) is 5.65. The molecule has 0 spiro atoms. The highest BCUT2D eigenvalue weighted by Gasteiger charge is 2.24. The molecule has 0 saturated heterocycles. The maximum absolute atomic E-state index is 12.5. The molecular weight excluding hydrogens is 334 g/mol. The number of nitrogens with one attached hydrogen (secondary N) is 1. The molecule has 23 heavy (non-hydrogen) atoms. The van der Waals surface area contributed by atoms with Gasteiger partial charge in [0.15, 0.2) is 0 Å². The average Bonchev–Trinajstić information content (AvgIpc) is 3.00. The molecule has 0 saturated carbocycles. The molecule has 0 aliphatic heterocycles. The van der Waals surface area contributed by atoms with Gasteiger partial charge < -0.3 is 0 Å². The third-order valence-electron chi connectivity index (χ3n) is 3.29. The lowest BCUT2D eigenvalue weighted by Crippen LogP contribution is -2.44. The van der Waals surface area contributed by atoms with E-state index in [0.717, 1.165) is 10.4 Å². The Labute approximate surface area is 140 Å². The van der Waals surface area contributed by atoms with Crippen LogP contribution in [0.15, 0.2) is 36.0 Å². The summed E-state index contributed by atoms with van der Waals surface area (Å²) in [4.78, 5) is 16.8. The van der Waals surface area contributed by atoms with Crippen molar-refractivity contribution in [1.29, 1.82) is 0 Å². The van der Waals surface area contributed by atoms with Crippen molar-refractivity contribution in [1.82, 2.24) is 9.71 Å². The van der Waals surface area contributed by atoms with Crippen LogP contribution in [-0.2, 0) is 21.4 Å². The van der Waals surface area contributed by atoms with Crippen molar-refractivity contribution in [2.75, 3.05) is 10.8 Å². The summed E-state index contributed by atoms with van der Waals surface area (Å²) >= 11 is 1.44. The number of benzene rings is 1. The summed E-state index contributed by atoms with van der Waals surface area (Å²) in [5, 5.41) is 0. The second-order valence-corrected chi connectivity index (χ2v) is 7.52. The molecule has 124 valence electrons. The number of anilines is 1. The summed E-state index contributed by atoms with van der Waals surface area (Å²) in [5.74, 6) is -0.523. The molecule has 1 N–H and O–H groups in total. The molecule has 1 heterocycles. The first-order valence-corrected chi connectivity index (χ1v) is 9.52. The number of para-hydroxylation sites is 1. The number of nitrogens with zero attached hydrogens (tertiary/aromatic N) is 2. The molecule has 0 aliphatic rings. The van der Waals surface area contributed by atoms with Gasteiger partial charge in [0, 0.05) is 24.0 Å². The van der Waals surface area contributed by atoms with Crippen LogP contribution in [0.1, 0.15) is 23.8 Å². The van der Waals surface area contributed by atoms with Gasteiger partial charge in [0.25, 0.3) is 0 Å². The topological polar surface area (TPSA) is 79.4 Å². The largest absolute Gasteiger partial charge is 0.326 e. The zero-order chi connectivity index (χ0) is 16.9. The third kappa shape index (κ3) is 4.52. The number of amides is 1. The predicted octanol–water partition coefficient (Wildman–Crippen LogP) is 2.27. The van der Waals surface area contributed by atoms with Crippen molar-refractivity contribution in [3.63, 3.8) is 0 Å². The molecular formula is C15H19N3O3S2. The maximum atomic E-state index is 12.5. The number of carbonyl (C=O) groups excluding carboxylic acids is 1. The number of aryl methyl sites for hydroxylation is 2. The molecule has 0 fully saturated rings. The minimum Gasteiger partial charge on any atom is -0.274 e. The second-order valence-electron chi connectivity index (χ2n) is 4.95. The molecule has 0 aliphatic carbocycles. The van der Waals surface area contributed by atoms with Gasteiger partial charge in [0.2, 0.25) is 5.91 Å². The predicted molar refractivity (Wildman–Crippen MR) is 91.7 cm³/mol. The highest BCUT2D eigenvalue weighted by Crippen LogP contribution is 2.21. The zero-order valence-corrected chi connectivity index (χ0v) is 14.7. The van der Waals surface area contributed by atoms with Gasteiger partial charge in [-0.1, -0.05) is 18.2 Å². The Morgan fingerprint density at radius 2 is 2.09 bits per heavy atom. The van der Waals surface area contributed by atoms with Crippen molar-refractivity contribution in [3.8, 4) is 0 Å². The fraction of sp³-hybridized carbons (Fsp3) is 0.333. The smallest absolute Gasteiger partial charge is 0.274 e. The molecule has 0 bridgehead atoms. The number of hydrogen-bond acceptors (Lipinski definition) is 5. The van der Waals surface area contributed by atoms with E-state index in [2.05, 4.69) is 9.71 Å². The zero-order valence-electron chi connectivity index (χ0n) is 13.0. The van der Waals surface area contributed by atoms with Crippen molar-refractivity contribution < 1.29 is 13.2 Å². The summed E-state index contributed by atoms with van der Waals surface area (Å²) < 4.78 is 28.3. The Balaban J connectivity index is 2.07. The number of rotatable bonds is 7. The van der Waals surface area contributed by atoms with Gasteiger partial charge in [0.05, 0.1) is 11.2 Å². The molecule has 1 aromatic heterocycles. The number of thiazole rings is 1. The minimum absolute atomic E-state index is 0.104. The van der Waals surface area contributed by atoms with E-state index in [4.69, 9.17) is 0 Å². The lowest BCUT2D eigenvalue weighted by Gasteiger charge is -2.24. The van der Waals surface area contributed by atoms with Gasteiger partial charge in [-0.2, -0.15) is 8.42 Å². The molecule has 2 rings (SSSR count). The van der Waals surface area contributed by atoms with Crippen LogP contribution in [0.2, 0.25) is 0 Å². The van der Waals surface area contributed by atoms with Crippen LogP contribution >= 0.6 is 11.3 Å². The van der Waals surface area contributed by atoms with Crippen LogP contribution < -0.4 is 9.03 Å². The molecule has 2 aromatic rings. The molecule has 0 unspecified atom stereocenters. The molecule has 0 atom stereocenters. The van der Waals surface area contributed by atoms with Gasteiger partial charge in [-0.15, -0.1) is 11.3 Å². The molecule has 1 aromatic carbocycles. The van der Waals surface area contributed by atoms with Crippen LogP contribution in [-0.4, -0.2) is 25.9 Å². The van der Waals surface area contributed by atoms with Crippen molar-refractivity contribution >= 4 is 33.1 Å². The Kier molecular flexibility index (Phi) is 5.73. The quantitative estimate of drug-likeness (QED) is 0.828. The monoisotopic (exact) mass is 353 g/mol. The molecule has 0 radical (unpaired) electrons. The summed E-state index contributed by atoms with van der Waals surface area (Å²) in [6.45, 7) is 3.80. The van der Waals surface area contributed by atoms with E-state index in [1.807, 2.05) is 19.1 Å². The van der Waals surface area contributed by atoms with Gasteiger partial charge >= 0.3 is 10.2 Å². The fourth-order valence-corrected chi connectivity index (χ4v) is 4.07. The summed E-state index contributed by atoms with van der Waals surface area (Å²) in [7, 11) is -3.92. The van der Waals surface area contributed by atoms with Crippen molar-refractivity contribution in [2.24, 2.45) is 0 Å². The van der Waals surface area contributed by atoms with Crippen LogP contribution in [0.5, 0.6) is 0 Å². The van der Waals surface area contributed by atoms with Crippen LogP contribution in [0.3, 0.4) is 0 Å². The van der Waals surface area contributed by atoms with Crippen molar-refractivity contribution in [2.45, 2.75) is 26.7 Å². The molecule has 6 nitrogen and oxygen atoms in total. The van der Waals surface area contributed by atoms with E-state index < -0.39 is 16.1 Å². The number of hydrogen-bond donors (Lipinski definition) is 1. The first-order valence-electron chi connectivity index (χ1n) is 7.20. The Hall–Kier alpha value is -1.93. The highest BCUT2D eigenvalue weighted by molar-refractivity contribution is 7.91. The normalized spacial score (nSPS) is 11.2. The molecule has 8 heteroatoms. The number of carbonyl (C=O) groups is 1. The lowest BCUT2D eigenvalue weighted by atomic mass is 10.2. The van der Waals surface area contributed by atoms with E-state index in [9.17, 15) is 13.2 Å². The van der Waals surface area contributed by atoms with E-state index in [1.54, 1.807) is 30.8 Å². The van der Waals surface area contributed by atoms with Gasteiger partial charge in [-0.05, 0) is 31.9 Å². The van der Waals surface area contributed by atoms with Crippen LogP contribution in [0.4, 0.5) is 5.69 Å². The first-order chi connectivity index (χ1) is 10.9. The number of aromatic nitrogens is 1. The van der Waals surface area contributed by atoms with Crippen molar-refractivity contribution in [3.05, 3.63) is 46.4 Å².